The lowest BCUT2D eigenvalue weighted by molar-refractivity contribution is 0.0737. The van der Waals surface area contributed by atoms with E-state index in [0.717, 1.165) is 10.9 Å². The summed E-state index contributed by atoms with van der Waals surface area (Å²) in [5.74, 6) is 0.0534. The third-order valence-electron chi connectivity index (χ3n) is 3.22. The summed E-state index contributed by atoms with van der Waals surface area (Å²) in [5, 5.41) is 0.932. The van der Waals surface area contributed by atoms with Crippen molar-refractivity contribution in [3.05, 3.63) is 71.9 Å². The number of para-hydroxylation sites is 1. The monoisotopic (exact) mass is 273 g/mol. The van der Waals surface area contributed by atoms with Crippen LogP contribution in [0.5, 0.6) is 5.75 Å². The van der Waals surface area contributed by atoms with Gasteiger partial charge < -0.3 is 4.74 Å². The highest BCUT2D eigenvalue weighted by Crippen LogP contribution is 2.23. The molecule has 1 aromatic heterocycles. The van der Waals surface area contributed by atoms with E-state index in [2.05, 4.69) is 4.98 Å². The summed E-state index contributed by atoms with van der Waals surface area (Å²) in [7, 11) is 5.54. The number of rotatable bonds is 3. The molecule has 21 heavy (non-hydrogen) atoms. The predicted octanol–water partition coefficient (Wildman–Crippen LogP) is 3.12. The molecule has 3 nitrogen and oxygen atoms in total. The third-order valence-corrected chi connectivity index (χ3v) is 3.22. The first kappa shape index (κ1) is 13.4. The minimum Gasteiger partial charge on any atom is -0.421 e. The molecule has 0 aliphatic carbocycles. The van der Waals surface area contributed by atoms with Crippen LogP contribution in [0, 0.1) is 0 Å². The number of fused-ring (bicyclic) bond motifs is 1. The van der Waals surface area contributed by atoms with Gasteiger partial charge in [0, 0.05) is 11.6 Å². The minimum absolute atomic E-state index is 0.406. The van der Waals surface area contributed by atoms with Crippen molar-refractivity contribution >= 4 is 24.7 Å². The number of carbonyl (C=O) groups is 1. The number of hydrogen-bond donors (Lipinski definition) is 0. The second-order valence-corrected chi connectivity index (χ2v) is 4.62. The summed E-state index contributed by atoms with van der Waals surface area (Å²) in [4.78, 5) is 16.4. The van der Waals surface area contributed by atoms with Gasteiger partial charge >= 0.3 is 5.97 Å². The maximum absolute atomic E-state index is 12.2. The van der Waals surface area contributed by atoms with Crippen LogP contribution in [0.4, 0.5) is 0 Å². The average molecular weight is 273 g/mol. The number of carbonyl (C=O) groups excluding carboxylic acids is 1. The van der Waals surface area contributed by atoms with E-state index in [9.17, 15) is 4.79 Å². The average Bonchev–Trinajstić information content (AvgIpc) is 2.55. The van der Waals surface area contributed by atoms with Crippen LogP contribution in [0.2, 0.25) is 0 Å². The van der Waals surface area contributed by atoms with E-state index in [-0.39, 0.29) is 0 Å². The highest BCUT2D eigenvalue weighted by Gasteiger charge is 2.11. The molecule has 0 aliphatic rings. The number of nitrogens with zero attached hydrogens (tertiary/aromatic N) is 1. The van der Waals surface area contributed by atoms with Crippen LogP contribution < -0.4 is 4.74 Å². The topological polar surface area (TPSA) is 39.2 Å². The van der Waals surface area contributed by atoms with Crippen LogP contribution in [-0.4, -0.2) is 18.8 Å². The van der Waals surface area contributed by atoms with Crippen molar-refractivity contribution in [3.63, 3.8) is 0 Å². The molecule has 100 valence electrons. The van der Waals surface area contributed by atoms with E-state index in [1.54, 1.807) is 24.4 Å². The van der Waals surface area contributed by atoms with Crippen molar-refractivity contribution in [3.8, 4) is 5.75 Å². The Bertz CT molecular complexity index is 779. The number of hydrogen-bond acceptors (Lipinski definition) is 3. The Hall–Kier alpha value is -2.62. The largest absolute Gasteiger partial charge is 0.421 e. The number of ether oxygens (including phenoxy) is 1. The summed E-state index contributed by atoms with van der Waals surface area (Å²) in [6.07, 6.45) is 2.12. The Morgan fingerprint density at radius 2 is 1.81 bits per heavy atom. The second kappa shape index (κ2) is 5.79. The van der Waals surface area contributed by atoms with Gasteiger partial charge in [0.05, 0.1) is 13.4 Å². The lowest BCUT2D eigenvalue weighted by Crippen LogP contribution is -2.09. The van der Waals surface area contributed by atoms with Crippen molar-refractivity contribution in [2.45, 2.75) is 6.32 Å². The Labute approximate surface area is 124 Å². The SMILES string of the molecule is [B]Cc1ccc(C(=O)Oc2cccc3cccnc23)cc1. The van der Waals surface area contributed by atoms with Crippen molar-refractivity contribution in [2.24, 2.45) is 0 Å². The maximum atomic E-state index is 12.2. The van der Waals surface area contributed by atoms with Gasteiger partial charge in [-0.05, 0) is 24.3 Å². The standard InChI is InChI=1S/C17H12BNO2/c18-11-12-6-8-14(9-7-12)17(20)21-15-5-1-3-13-4-2-10-19-16(13)15/h1-10H,11H2. The van der Waals surface area contributed by atoms with Crippen LogP contribution in [0.3, 0.4) is 0 Å². The first-order chi connectivity index (χ1) is 10.3. The van der Waals surface area contributed by atoms with Gasteiger partial charge in [-0.3, -0.25) is 4.98 Å². The molecule has 1 heterocycles. The molecule has 0 bridgehead atoms. The van der Waals surface area contributed by atoms with Crippen molar-refractivity contribution in [1.82, 2.24) is 4.98 Å². The second-order valence-electron chi connectivity index (χ2n) is 4.62. The highest BCUT2D eigenvalue weighted by molar-refractivity contribution is 6.08. The Morgan fingerprint density at radius 3 is 2.57 bits per heavy atom. The molecule has 0 unspecified atom stereocenters. The van der Waals surface area contributed by atoms with Gasteiger partial charge in [-0.2, -0.15) is 0 Å². The number of benzene rings is 2. The lowest BCUT2D eigenvalue weighted by atomic mass is 9.96. The van der Waals surface area contributed by atoms with Crippen molar-refractivity contribution in [2.75, 3.05) is 0 Å². The minimum atomic E-state index is -0.406. The zero-order chi connectivity index (χ0) is 14.7. The fourth-order valence-corrected chi connectivity index (χ4v) is 2.09. The smallest absolute Gasteiger partial charge is 0.343 e. The van der Waals surface area contributed by atoms with Crippen LogP contribution in [0.1, 0.15) is 15.9 Å². The van der Waals surface area contributed by atoms with E-state index in [4.69, 9.17) is 12.6 Å². The molecule has 0 amide bonds. The lowest BCUT2D eigenvalue weighted by Gasteiger charge is -2.07. The maximum Gasteiger partial charge on any atom is 0.343 e. The normalized spacial score (nSPS) is 10.5. The van der Waals surface area contributed by atoms with Crippen LogP contribution in [0.15, 0.2) is 60.8 Å². The zero-order valence-corrected chi connectivity index (χ0v) is 11.3. The fraction of sp³-hybridized carbons (Fsp3) is 0.0588. The molecule has 3 rings (SSSR count). The van der Waals surface area contributed by atoms with Crippen LogP contribution in [0.25, 0.3) is 10.9 Å². The van der Waals surface area contributed by atoms with E-state index < -0.39 is 5.97 Å². The van der Waals surface area contributed by atoms with E-state index in [1.165, 1.54) is 0 Å². The van der Waals surface area contributed by atoms with Crippen molar-refractivity contribution < 1.29 is 9.53 Å². The fourth-order valence-electron chi connectivity index (χ4n) is 2.09. The van der Waals surface area contributed by atoms with Gasteiger partial charge in [0.25, 0.3) is 0 Å². The van der Waals surface area contributed by atoms with Gasteiger partial charge in [-0.15, -0.1) is 0 Å². The van der Waals surface area contributed by atoms with Crippen molar-refractivity contribution in [1.29, 1.82) is 0 Å². The molecule has 0 saturated carbocycles. The molecule has 0 spiro atoms. The van der Waals surface area contributed by atoms with E-state index in [1.807, 2.05) is 36.4 Å². The zero-order valence-electron chi connectivity index (χ0n) is 11.3. The summed E-state index contributed by atoms with van der Waals surface area (Å²) in [5.41, 5.74) is 2.13. The Balaban J connectivity index is 1.89. The summed E-state index contributed by atoms with van der Waals surface area (Å²) < 4.78 is 5.45. The third kappa shape index (κ3) is 2.79. The van der Waals surface area contributed by atoms with E-state index >= 15 is 0 Å². The van der Waals surface area contributed by atoms with E-state index in [0.29, 0.717) is 23.1 Å². The first-order valence-corrected chi connectivity index (χ1v) is 6.63. The molecule has 0 atom stereocenters. The summed E-state index contributed by atoms with van der Waals surface area (Å²) >= 11 is 0. The molecule has 0 N–H and O–H groups in total. The molecule has 3 aromatic rings. The molecule has 0 aliphatic heterocycles. The number of pyridine rings is 1. The quantitative estimate of drug-likeness (QED) is 0.418. The molecule has 4 heteroatoms. The summed E-state index contributed by atoms with van der Waals surface area (Å²) in [6.45, 7) is 0. The van der Waals surface area contributed by atoms with Crippen LogP contribution >= 0.6 is 0 Å². The molecule has 2 aromatic carbocycles. The van der Waals surface area contributed by atoms with Gasteiger partial charge in [0.1, 0.15) is 5.52 Å². The first-order valence-electron chi connectivity index (χ1n) is 6.63. The van der Waals surface area contributed by atoms with Gasteiger partial charge in [-0.25, -0.2) is 4.79 Å². The molecular formula is C17H12BNO2. The van der Waals surface area contributed by atoms with Crippen LogP contribution in [-0.2, 0) is 6.32 Å². The van der Waals surface area contributed by atoms with Gasteiger partial charge in [0.15, 0.2) is 5.75 Å². The summed E-state index contributed by atoms with van der Waals surface area (Å²) in [6, 6.07) is 16.3. The van der Waals surface area contributed by atoms with Gasteiger partial charge in [-0.1, -0.05) is 42.2 Å². The Morgan fingerprint density at radius 1 is 1.05 bits per heavy atom. The molecule has 2 radical (unpaired) electrons. The predicted molar refractivity (Wildman–Crippen MR) is 82.6 cm³/mol. The Kier molecular flexibility index (Phi) is 3.69. The molecule has 0 fully saturated rings. The highest BCUT2D eigenvalue weighted by atomic mass is 16.5. The molecular weight excluding hydrogens is 261 g/mol. The molecule has 0 saturated heterocycles. The number of aromatic nitrogens is 1. The van der Waals surface area contributed by atoms with Gasteiger partial charge in [0.2, 0.25) is 0 Å². The number of esters is 1.